The van der Waals surface area contributed by atoms with Crippen molar-refractivity contribution in [3.05, 3.63) is 47.5 Å². The molecule has 0 aliphatic heterocycles. The van der Waals surface area contributed by atoms with Crippen LogP contribution in [0.1, 0.15) is 17.5 Å². The summed E-state index contributed by atoms with van der Waals surface area (Å²) in [6, 6.07) is 7.40. The van der Waals surface area contributed by atoms with Crippen LogP contribution in [0, 0.1) is 12.8 Å². The molecule has 1 aliphatic carbocycles. The number of nitrogens with one attached hydrogen (secondary N) is 2. The van der Waals surface area contributed by atoms with Gasteiger partial charge in [0.1, 0.15) is 0 Å². The standard InChI is InChI=1S/C15H18N2O3/c1-10-3-2-4-11(7-10)9-16-15(20)17-13-6-5-12(8-13)14(18)19/h2-7,12-13H,8-9H2,1H3,(H,18,19)(H2,16,17,20). The van der Waals surface area contributed by atoms with E-state index < -0.39 is 11.9 Å². The van der Waals surface area contributed by atoms with Crippen LogP contribution in [-0.2, 0) is 11.3 Å². The van der Waals surface area contributed by atoms with E-state index in [1.807, 2.05) is 31.2 Å². The third-order valence-corrected chi connectivity index (χ3v) is 3.25. The number of aryl methyl sites for hydroxylation is 1. The van der Waals surface area contributed by atoms with Gasteiger partial charge in [-0.05, 0) is 18.9 Å². The highest BCUT2D eigenvalue weighted by molar-refractivity contribution is 5.76. The van der Waals surface area contributed by atoms with Gasteiger partial charge in [-0.2, -0.15) is 0 Å². The second-order valence-corrected chi connectivity index (χ2v) is 4.99. The summed E-state index contributed by atoms with van der Waals surface area (Å²) >= 11 is 0. The molecular weight excluding hydrogens is 256 g/mol. The molecule has 0 spiro atoms. The Balaban J connectivity index is 1.77. The van der Waals surface area contributed by atoms with E-state index >= 15 is 0 Å². The molecule has 3 N–H and O–H groups in total. The molecule has 5 nitrogen and oxygen atoms in total. The van der Waals surface area contributed by atoms with E-state index in [0.717, 1.165) is 11.1 Å². The minimum absolute atomic E-state index is 0.214. The number of amides is 2. The maximum atomic E-state index is 11.7. The quantitative estimate of drug-likeness (QED) is 0.733. The van der Waals surface area contributed by atoms with E-state index in [1.54, 1.807) is 12.2 Å². The van der Waals surface area contributed by atoms with Crippen molar-refractivity contribution in [3.8, 4) is 0 Å². The zero-order valence-electron chi connectivity index (χ0n) is 11.3. The zero-order chi connectivity index (χ0) is 14.5. The van der Waals surface area contributed by atoms with Crippen LogP contribution in [0.15, 0.2) is 36.4 Å². The van der Waals surface area contributed by atoms with Crippen molar-refractivity contribution in [3.63, 3.8) is 0 Å². The summed E-state index contributed by atoms with van der Waals surface area (Å²) in [5.41, 5.74) is 2.18. The predicted octanol–water partition coefficient (Wildman–Crippen LogP) is 1.82. The number of benzene rings is 1. The normalized spacial score (nSPS) is 20.6. The highest BCUT2D eigenvalue weighted by Crippen LogP contribution is 2.17. The molecule has 2 unspecified atom stereocenters. The molecular formula is C15H18N2O3. The van der Waals surface area contributed by atoms with Gasteiger partial charge in [-0.25, -0.2) is 4.79 Å². The summed E-state index contributed by atoms with van der Waals surface area (Å²) in [6.07, 6.45) is 3.76. The zero-order valence-corrected chi connectivity index (χ0v) is 11.3. The van der Waals surface area contributed by atoms with Crippen LogP contribution in [0.4, 0.5) is 4.79 Å². The Labute approximate surface area is 117 Å². The molecule has 0 aromatic heterocycles. The highest BCUT2D eigenvalue weighted by Gasteiger charge is 2.25. The van der Waals surface area contributed by atoms with E-state index in [2.05, 4.69) is 10.6 Å². The molecule has 2 atom stereocenters. The lowest BCUT2D eigenvalue weighted by atomic mass is 10.1. The van der Waals surface area contributed by atoms with Crippen molar-refractivity contribution in [1.82, 2.24) is 10.6 Å². The third kappa shape index (κ3) is 3.85. The second kappa shape index (κ2) is 6.23. The van der Waals surface area contributed by atoms with Crippen molar-refractivity contribution in [1.29, 1.82) is 0 Å². The summed E-state index contributed by atoms with van der Waals surface area (Å²) in [7, 11) is 0. The van der Waals surface area contributed by atoms with Crippen LogP contribution < -0.4 is 10.6 Å². The molecule has 2 rings (SSSR count). The molecule has 1 aliphatic rings. The number of hydrogen-bond acceptors (Lipinski definition) is 2. The molecule has 0 saturated heterocycles. The molecule has 0 bridgehead atoms. The van der Waals surface area contributed by atoms with Gasteiger partial charge in [-0.3, -0.25) is 4.79 Å². The SMILES string of the molecule is Cc1cccc(CNC(=O)NC2C=CC(C(=O)O)C2)c1. The highest BCUT2D eigenvalue weighted by atomic mass is 16.4. The van der Waals surface area contributed by atoms with E-state index in [4.69, 9.17) is 5.11 Å². The molecule has 0 heterocycles. The Kier molecular flexibility index (Phi) is 4.40. The lowest BCUT2D eigenvalue weighted by molar-refractivity contribution is -0.140. The largest absolute Gasteiger partial charge is 0.481 e. The number of hydrogen-bond donors (Lipinski definition) is 3. The van der Waals surface area contributed by atoms with E-state index in [-0.39, 0.29) is 12.1 Å². The molecule has 20 heavy (non-hydrogen) atoms. The van der Waals surface area contributed by atoms with Crippen LogP contribution >= 0.6 is 0 Å². The number of aliphatic carboxylic acids is 1. The molecule has 0 fully saturated rings. The Hall–Kier alpha value is -2.30. The number of rotatable bonds is 4. The first-order valence-corrected chi connectivity index (χ1v) is 6.55. The summed E-state index contributed by atoms with van der Waals surface area (Å²) in [4.78, 5) is 22.5. The number of carboxylic acids is 1. The van der Waals surface area contributed by atoms with Crippen molar-refractivity contribution < 1.29 is 14.7 Å². The fraction of sp³-hybridized carbons (Fsp3) is 0.333. The lowest BCUT2D eigenvalue weighted by Gasteiger charge is -2.13. The minimum Gasteiger partial charge on any atom is -0.481 e. The maximum Gasteiger partial charge on any atom is 0.315 e. The first kappa shape index (κ1) is 14.1. The number of urea groups is 1. The van der Waals surface area contributed by atoms with Crippen LogP contribution in [0.25, 0.3) is 0 Å². The Morgan fingerprint density at radius 2 is 2.15 bits per heavy atom. The smallest absolute Gasteiger partial charge is 0.315 e. The van der Waals surface area contributed by atoms with E-state index in [9.17, 15) is 9.59 Å². The molecule has 2 amide bonds. The van der Waals surface area contributed by atoms with E-state index in [1.165, 1.54) is 0 Å². The lowest BCUT2D eigenvalue weighted by Crippen LogP contribution is -2.40. The molecule has 5 heteroatoms. The summed E-state index contributed by atoms with van der Waals surface area (Å²) in [5, 5.41) is 14.4. The average Bonchev–Trinajstić information content (AvgIpc) is 2.85. The molecule has 106 valence electrons. The summed E-state index contributed by atoms with van der Waals surface area (Å²) < 4.78 is 0. The van der Waals surface area contributed by atoms with Gasteiger partial charge in [-0.15, -0.1) is 0 Å². The minimum atomic E-state index is -0.856. The molecule has 1 aromatic carbocycles. The van der Waals surface area contributed by atoms with Crippen molar-refractivity contribution in [2.75, 3.05) is 0 Å². The monoisotopic (exact) mass is 274 g/mol. The van der Waals surface area contributed by atoms with Gasteiger partial charge in [0.05, 0.1) is 12.0 Å². The molecule has 0 saturated carbocycles. The number of carbonyl (C=O) groups is 2. The Morgan fingerprint density at radius 1 is 1.35 bits per heavy atom. The van der Waals surface area contributed by atoms with Gasteiger partial charge in [-0.1, -0.05) is 42.0 Å². The van der Waals surface area contributed by atoms with Gasteiger partial charge in [0.2, 0.25) is 0 Å². The predicted molar refractivity (Wildman–Crippen MR) is 75.2 cm³/mol. The Morgan fingerprint density at radius 3 is 2.80 bits per heavy atom. The van der Waals surface area contributed by atoms with Gasteiger partial charge >= 0.3 is 12.0 Å². The van der Waals surface area contributed by atoms with Gasteiger partial charge in [0, 0.05) is 6.54 Å². The molecule has 0 radical (unpaired) electrons. The van der Waals surface area contributed by atoms with Crippen LogP contribution in [0.5, 0.6) is 0 Å². The third-order valence-electron chi connectivity index (χ3n) is 3.25. The Bertz CT molecular complexity index is 540. The topological polar surface area (TPSA) is 78.4 Å². The number of carbonyl (C=O) groups excluding carboxylic acids is 1. The van der Waals surface area contributed by atoms with Crippen molar-refractivity contribution in [2.45, 2.75) is 25.9 Å². The maximum absolute atomic E-state index is 11.7. The van der Waals surface area contributed by atoms with Gasteiger partial charge in [0.15, 0.2) is 0 Å². The van der Waals surface area contributed by atoms with Crippen molar-refractivity contribution in [2.24, 2.45) is 5.92 Å². The van der Waals surface area contributed by atoms with Gasteiger partial charge < -0.3 is 15.7 Å². The summed E-state index contributed by atoms with van der Waals surface area (Å²) in [6.45, 7) is 2.45. The average molecular weight is 274 g/mol. The first-order chi connectivity index (χ1) is 9.54. The van der Waals surface area contributed by atoms with E-state index in [0.29, 0.717) is 13.0 Å². The van der Waals surface area contributed by atoms with Crippen molar-refractivity contribution >= 4 is 12.0 Å². The number of carboxylic acid groups (broad SMARTS) is 1. The summed E-state index contributed by atoms with van der Waals surface area (Å²) in [5.74, 6) is -1.36. The van der Waals surface area contributed by atoms with Crippen LogP contribution in [0.2, 0.25) is 0 Å². The van der Waals surface area contributed by atoms with Crippen LogP contribution in [-0.4, -0.2) is 23.1 Å². The molecule has 1 aromatic rings. The fourth-order valence-corrected chi connectivity index (χ4v) is 2.21. The van der Waals surface area contributed by atoms with Gasteiger partial charge in [0.25, 0.3) is 0 Å². The first-order valence-electron chi connectivity index (χ1n) is 6.55. The fourth-order valence-electron chi connectivity index (χ4n) is 2.21. The second-order valence-electron chi connectivity index (χ2n) is 4.99. The van der Waals surface area contributed by atoms with Crippen LogP contribution in [0.3, 0.4) is 0 Å².